The Labute approximate surface area is 71.4 Å². The van der Waals surface area contributed by atoms with E-state index in [0.29, 0.717) is 0 Å². The number of carboxylic acids is 1. The van der Waals surface area contributed by atoms with E-state index in [-0.39, 0.29) is 5.65 Å². The number of hydrogen-bond acceptors (Lipinski definition) is 3. The molecule has 2 aromatic rings. The lowest BCUT2D eigenvalue weighted by molar-refractivity contribution is 0.0694. The molecule has 2 rings (SSSR count). The maximum Gasteiger partial charge on any atom is 0.344 e. The van der Waals surface area contributed by atoms with Crippen LogP contribution in [0.4, 0.5) is 4.39 Å². The van der Waals surface area contributed by atoms with Gasteiger partial charge in [0.05, 0.1) is 0 Å². The number of fused-ring (bicyclic) bond motifs is 1. The standard InChI is InChI=1S/C7H4FN3O2/c8-5-4(7(12)13)6-9-2-1-3-11(6)10-5/h1-3H,(H,12,13). The molecule has 0 aromatic carbocycles. The molecule has 0 aliphatic heterocycles. The summed E-state index contributed by atoms with van der Waals surface area (Å²) in [6.07, 6.45) is 2.81. The Morgan fingerprint density at radius 3 is 3.08 bits per heavy atom. The van der Waals surface area contributed by atoms with Gasteiger partial charge >= 0.3 is 5.97 Å². The summed E-state index contributed by atoms with van der Waals surface area (Å²) in [5, 5.41) is 12.0. The molecule has 1 N–H and O–H groups in total. The number of rotatable bonds is 1. The van der Waals surface area contributed by atoms with Gasteiger partial charge in [0.1, 0.15) is 0 Å². The van der Waals surface area contributed by atoms with Crippen LogP contribution in [0.2, 0.25) is 0 Å². The van der Waals surface area contributed by atoms with Crippen LogP contribution < -0.4 is 0 Å². The van der Waals surface area contributed by atoms with Crippen molar-refractivity contribution in [2.45, 2.75) is 0 Å². The molecular weight excluding hydrogens is 177 g/mol. The lowest BCUT2D eigenvalue weighted by Crippen LogP contribution is -1.99. The zero-order chi connectivity index (χ0) is 9.42. The first kappa shape index (κ1) is 7.66. The van der Waals surface area contributed by atoms with E-state index in [2.05, 4.69) is 10.1 Å². The van der Waals surface area contributed by atoms with E-state index in [4.69, 9.17) is 5.11 Å². The molecule has 0 amide bonds. The smallest absolute Gasteiger partial charge is 0.344 e. The average molecular weight is 181 g/mol. The third-order valence-electron chi connectivity index (χ3n) is 1.57. The molecular formula is C7H4FN3O2. The predicted molar refractivity (Wildman–Crippen MR) is 39.9 cm³/mol. The van der Waals surface area contributed by atoms with Gasteiger partial charge in [0, 0.05) is 12.4 Å². The predicted octanol–water partition coefficient (Wildman–Crippen LogP) is 0.567. The van der Waals surface area contributed by atoms with Crippen LogP contribution in [0.25, 0.3) is 5.65 Å². The molecule has 6 heteroatoms. The molecule has 0 radical (unpaired) electrons. The minimum Gasteiger partial charge on any atom is -0.477 e. The van der Waals surface area contributed by atoms with E-state index in [9.17, 15) is 9.18 Å². The Morgan fingerprint density at radius 1 is 1.62 bits per heavy atom. The van der Waals surface area contributed by atoms with Crippen LogP contribution >= 0.6 is 0 Å². The van der Waals surface area contributed by atoms with Gasteiger partial charge in [-0.05, 0) is 6.07 Å². The summed E-state index contributed by atoms with van der Waals surface area (Å²) in [5.41, 5.74) is -0.492. The number of aromatic nitrogens is 3. The van der Waals surface area contributed by atoms with Gasteiger partial charge in [0.2, 0.25) is 5.95 Å². The minimum atomic E-state index is -1.37. The fraction of sp³-hybridized carbons (Fsp3) is 0. The summed E-state index contributed by atoms with van der Waals surface area (Å²) in [5.74, 6) is -2.39. The van der Waals surface area contributed by atoms with E-state index < -0.39 is 17.5 Å². The SMILES string of the molecule is O=C(O)c1c(F)nn2cccnc12. The molecule has 0 aliphatic carbocycles. The lowest BCUT2D eigenvalue weighted by Gasteiger charge is -1.89. The van der Waals surface area contributed by atoms with E-state index in [1.165, 1.54) is 18.5 Å². The second-order valence-electron chi connectivity index (χ2n) is 2.36. The monoisotopic (exact) mass is 181 g/mol. The zero-order valence-electron chi connectivity index (χ0n) is 6.31. The summed E-state index contributed by atoms with van der Waals surface area (Å²) in [6.45, 7) is 0. The van der Waals surface area contributed by atoms with Gasteiger partial charge in [-0.1, -0.05) is 0 Å². The van der Waals surface area contributed by atoms with Crippen molar-refractivity contribution in [3.8, 4) is 0 Å². The highest BCUT2D eigenvalue weighted by molar-refractivity contribution is 5.94. The molecule has 66 valence electrons. The summed E-state index contributed by atoms with van der Waals surface area (Å²) >= 11 is 0. The molecule has 2 heterocycles. The molecule has 0 fully saturated rings. The highest BCUT2D eigenvalue weighted by atomic mass is 19.1. The van der Waals surface area contributed by atoms with Gasteiger partial charge in [-0.3, -0.25) is 0 Å². The van der Waals surface area contributed by atoms with Crippen LogP contribution in [0, 0.1) is 5.95 Å². The van der Waals surface area contributed by atoms with Crippen LogP contribution in [0.15, 0.2) is 18.5 Å². The molecule has 0 spiro atoms. The van der Waals surface area contributed by atoms with Crippen LogP contribution in [0.1, 0.15) is 10.4 Å². The number of aromatic carboxylic acids is 1. The Hall–Kier alpha value is -1.98. The van der Waals surface area contributed by atoms with Crippen LogP contribution in [0.3, 0.4) is 0 Å². The average Bonchev–Trinajstić information content (AvgIpc) is 2.39. The van der Waals surface area contributed by atoms with Crippen LogP contribution in [-0.2, 0) is 0 Å². The Balaban J connectivity index is 2.86. The topological polar surface area (TPSA) is 67.5 Å². The summed E-state index contributed by atoms with van der Waals surface area (Å²) in [4.78, 5) is 14.3. The summed E-state index contributed by atoms with van der Waals surface area (Å²) in [7, 11) is 0. The van der Waals surface area contributed by atoms with Gasteiger partial charge in [-0.15, -0.1) is 5.10 Å². The van der Waals surface area contributed by atoms with Crippen molar-refractivity contribution in [1.82, 2.24) is 14.6 Å². The molecule has 13 heavy (non-hydrogen) atoms. The lowest BCUT2D eigenvalue weighted by atomic mass is 10.3. The van der Waals surface area contributed by atoms with Gasteiger partial charge in [-0.2, -0.15) is 4.39 Å². The second-order valence-corrected chi connectivity index (χ2v) is 2.36. The molecule has 0 aliphatic rings. The first-order valence-electron chi connectivity index (χ1n) is 3.42. The number of carboxylic acid groups (broad SMARTS) is 1. The van der Waals surface area contributed by atoms with Gasteiger partial charge in [0.15, 0.2) is 11.2 Å². The number of carbonyl (C=O) groups is 1. The van der Waals surface area contributed by atoms with Crippen molar-refractivity contribution in [3.05, 3.63) is 30.0 Å². The maximum absolute atomic E-state index is 12.9. The summed E-state index contributed by atoms with van der Waals surface area (Å²) in [6, 6.07) is 1.53. The molecule has 5 nitrogen and oxygen atoms in total. The van der Waals surface area contributed by atoms with Crippen molar-refractivity contribution in [1.29, 1.82) is 0 Å². The van der Waals surface area contributed by atoms with E-state index in [1.807, 2.05) is 0 Å². The highest BCUT2D eigenvalue weighted by Crippen LogP contribution is 2.11. The maximum atomic E-state index is 12.9. The third kappa shape index (κ3) is 1.03. The molecule has 0 bridgehead atoms. The van der Waals surface area contributed by atoms with Crippen molar-refractivity contribution < 1.29 is 14.3 Å². The van der Waals surface area contributed by atoms with Crippen molar-refractivity contribution >= 4 is 11.6 Å². The minimum absolute atomic E-state index is 0.00694. The van der Waals surface area contributed by atoms with Crippen LogP contribution in [-0.4, -0.2) is 25.7 Å². The summed E-state index contributed by atoms with van der Waals surface area (Å²) < 4.78 is 14.0. The second kappa shape index (κ2) is 2.51. The Bertz CT molecular complexity index is 480. The zero-order valence-corrected chi connectivity index (χ0v) is 6.31. The van der Waals surface area contributed by atoms with E-state index in [1.54, 1.807) is 0 Å². The Morgan fingerprint density at radius 2 is 2.38 bits per heavy atom. The number of hydrogen-bond donors (Lipinski definition) is 1. The fourth-order valence-corrected chi connectivity index (χ4v) is 1.04. The van der Waals surface area contributed by atoms with Crippen molar-refractivity contribution in [2.75, 3.05) is 0 Å². The third-order valence-corrected chi connectivity index (χ3v) is 1.57. The quantitative estimate of drug-likeness (QED) is 0.698. The van der Waals surface area contributed by atoms with Crippen molar-refractivity contribution in [2.24, 2.45) is 0 Å². The highest BCUT2D eigenvalue weighted by Gasteiger charge is 2.19. The van der Waals surface area contributed by atoms with Crippen molar-refractivity contribution in [3.63, 3.8) is 0 Å². The largest absolute Gasteiger partial charge is 0.477 e. The molecule has 0 saturated carbocycles. The number of halogens is 1. The fourth-order valence-electron chi connectivity index (χ4n) is 1.04. The van der Waals surface area contributed by atoms with Gasteiger partial charge in [0.25, 0.3) is 0 Å². The number of nitrogens with zero attached hydrogens (tertiary/aromatic N) is 3. The molecule has 2 aromatic heterocycles. The van der Waals surface area contributed by atoms with Gasteiger partial charge in [-0.25, -0.2) is 14.3 Å². The van der Waals surface area contributed by atoms with Crippen LogP contribution in [0.5, 0.6) is 0 Å². The van der Waals surface area contributed by atoms with E-state index in [0.717, 1.165) is 4.52 Å². The first-order valence-corrected chi connectivity index (χ1v) is 3.42. The Kier molecular flexibility index (Phi) is 1.48. The van der Waals surface area contributed by atoms with E-state index >= 15 is 0 Å². The normalized spacial score (nSPS) is 10.5. The molecule has 0 atom stereocenters. The molecule has 0 saturated heterocycles. The molecule has 0 unspecified atom stereocenters. The first-order chi connectivity index (χ1) is 6.20. The van der Waals surface area contributed by atoms with Gasteiger partial charge < -0.3 is 5.11 Å².